The van der Waals surface area contributed by atoms with E-state index in [1.54, 1.807) is 24.3 Å². The Kier molecular flexibility index (Phi) is 6.02. The summed E-state index contributed by atoms with van der Waals surface area (Å²) in [5.41, 5.74) is 3.89. The highest BCUT2D eigenvalue weighted by Gasteiger charge is 2.19. The van der Waals surface area contributed by atoms with Gasteiger partial charge in [0.25, 0.3) is 0 Å². The van der Waals surface area contributed by atoms with Crippen molar-refractivity contribution in [1.29, 1.82) is 5.26 Å². The zero-order chi connectivity index (χ0) is 20.1. The molecule has 0 unspecified atom stereocenters. The average molecular weight is 411 g/mol. The number of hydrogen-bond donors (Lipinski definition) is 0. The smallest absolute Gasteiger partial charge is 0.267 e. The van der Waals surface area contributed by atoms with Gasteiger partial charge in [-0.1, -0.05) is 65.4 Å². The first-order chi connectivity index (χ1) is 13.4. The van der Waals surface area contributed by atoms with Crippen LogP contribution in [0.4, 0.5) is 0 Å². The van der Waals surface area contributed by atoms with Crippen molar-refractivity contribution in [2.24, 2.45) is 5.16 Å². The zero-order valence-electron chi connectivity index (χ0n) is 15.4. The first-order valence-corrected chi connectivity index (χ1v) is 10.9. The van der Waals surface area contributed by atoms with Crippen molar-refractivity contribution in [3.8, 4) is 6.07 Å². The third-order valence-electron chi connectivity index (χ3n) is 4.20. The topological polar surface area (TPSA) is 79.5 Å². The first kappa shape index (κ1) is 19.9. The molecule has 0 aromatic heterocycles. The van der Waals surface area contributed by atoms with Gasteiger partial charge in [-0.3, -0.25) is 4.28 Å². The van der Waals surface area contributed by atoms with Crippen LogP contribution in [0.3, 0.4) is 0 Å². The van der Waals surface area contributed by atoms with Crippen LogP contribution in [0, 0.1) is 25.2 Å². The number of hydrogen-bond acceptors (Lipinski definition) is 6. The predicted molar refractivity (Wildman–Crippen MR) is 113 cm³/mol. The minimum absolute atomic E-state index is 0.250. The number of allylic oxidation sites excluding steroid dienone is 2. The Morgan fingerprint density at radius 2 is 1.75 bits per heavy atom. The summed E-state index contributed by atoms with van der Waals surface area (Å²) in [6.07, 6.45) is 3.38. The Bertz CT molecular complexity index is 1140. The van der Waals surface area contributed by atoms with Crippen molar-refractivity contribution < 1.29 is 12.7 Å². The highest BCUT2D eigenvalue weighted by Crippen LogP contribution is 2.34. The molecule has 0 saturated carbocycles. The lowest BCUT2D eigenvalue weighted by Gasteiger charge is -2.06. The third kappa shape index (κ3) is 4.71. The van der Waals surface area contributed by atoms with Crippen LogP contribution in [-0.4, -0.2) is 13.5 Å². The van der Waals surface area contributed by atoms with E-state index in [0.29, 0.717) is 21.1 Å². The summed E-state index contributed by atoms with van der Waals surface area (Å²) in [6.45, 7) is 3.78. The second-order valence-corrected chi connectivity index (χ2v) is 8.85. The Labute approximate surface area is 169 Å². The van der Waals surface area contributed by atoms with Crippen LogP contribution >= 0.6 is 11.8 Å². The van der Waals surface area contributed by atoms with Crippen molar-refractivity contribution in [3.63, 3.8) is 0 Å². The molecule has 142 valence electrons. The maximum absolute atomic E-state index is 12.2. The summed E-state index contributed by atoms with van der Waals surface area (Å²) in [5, 5.41) is 13.7. The quantitative estimate of drug-likeness (QED) is 0.527. The summed E-state index contributed by atoms with van der Waals surface area (Å²) < 4.78 is 29.3. The van der Waals surface area contributed by atoms with Crippen molar-refractivity contribution in [3.05, 3.63) is 87.8 Å². The van der Waals surface area contributed by atoms with E-state index in [4.69, 9.17) is 4.28 Å². The fraction of sp³-hybridized carbons (Fsp3) is 0.143. The molecule has 0 radical (unpaired) electrons. The molecule has 0 atom stereocenters. The van der Waals surface area contributed by atoms with Crippen LogP contribution in [0.2, 0.25) is 0 Å². The molecule has 0 saturated heterocycles. The molecular formula is C21H18N2O3S2. The molecule has 7 heteroatoms. The molecule has 0 spiro atoms. The summed E-state index contributed by atoms with van der Waals surface area (Å²) in [5.74, 6) is -0.250. The van der Waals surface area contributed by atoms with Gasteiger partial charge < -0.3 is 0 Å². The standard InChI is InChI=1S/C21H18N2O3S2/c1-15-7-3-5-9-17(15)14-28(24,25)26-23-21-12-11-20(27-21)19(13-22)18-10-6-4-8-16(18)2/h3-12H,14H2,1-2H3. The van der Waals surface area contributed by atoms with Crippen LogP contribution < -0.4 is 0 Å². The lowest BCUT2D eigenvalue weighted by molar-refractivity contribution is 0.340. The van der Waals surface area contributed by atoms with Gasteiger partial charge in [0, 0.05) is 4.91 Å². The second-order valence-electron chi connectivity index (χ2n) is 6.23. The molecule has 3 rings (SSSR count). The Morgan fingerprint density at radius 1 is 1.07 bits per heavy atom. The van der Waals surface area contributed by atoms with Crippen molar-refractivity contribution in [2.75, 3.05) is 0 Å². The van der Waals surface area contributed by atoms with E-state index in [0.717, 1.165) is 16.7 Å². The number of rotatable bonds is 5. The molecule has 28 heavy (non-hydrogen) atoms. The average Bonchev–Trinajstić information content (AvgIpc) is 3.13. The van der Waals surface area contributed by atoms with Gasteiger partial charge in [-0.2, -0.15) is 13.7 Å². The monoisotopic (exact) mass is 410 g/mol. The van der Waals surface area contributed by atoms with Gasteiger partial charge in [0.05, 0.1) is 5.57 Å². The van der Waals surface area contributed by atoms with Gasteiger partial charge in [-0.05, 0) is 48.3 Å². The van der Waals surface area contributed by atoms with E-state index in [-0.39, 0.29) is 5.75 Å². The minimum Gasteiger partial charge on any atom is -0.267 e. The summed E-state index contributed by atoms with van der Waals surface area (Å²) in [6, 6.07) is 17.1. The van der Waals surface area contributed by atoms with Gasteiger partial charge in [-0.25, -0.2) is 0 Å². The zero-order valence-corrected chi connectivity index (χ0v) is 17.0. The normalized spacial score (nSPS) is 16.8. The highest BCUT2D eigenvalue weighted by atomic mass is 32.2. The maximum atomic E-state index is 12.2. The summed E-state index contributed by atoms with van der Waals surface area (Å²) in [4.78, 5) is 0.704. The molecular weight excluding hydrogens is 392 g/mol. The van der Waals surface area contributed by atoms with Crippen LogP contribution in [0.25, 0.3) is 5.57 Å². The molecule has 1 heterocycles. The molecule has 0 amide bonds. The van der Waals surface area contributed by atoms with Gasteiger partial charge in [0.15, 0.2) is 0 Å². The van der Waals surface area contributed by atoms with E-state index in [2.05, 4.69) is 11.2 Å². The number of benzene rings is 2. The summed E-state index contributed by atoms with van der Waals surface area (Å²) in [7, 11) is -3.86. The van der Waals surface area contributed by atoms with Crippen LogP contribution in [0.1, 0.15) is 22.3 Å². The van der Waals surface area contributed by atoms with Crippen molar-refractivity contribution in [2.45, 2.75) is 19.6 Å². The van der Waals surface area contributed by atoms with Crippen LogP contribution in [0.15, 0.2) is 70.7 Å². The fourth-order valence-electron chi connectivity index (χ4n) is 2.69. The van der Waals surface area contributed by atoms with Crippen LogP contribution in [-0.2, 0) is 20.2 Å². The third-order valence-corrected chi connectivity index (χ3v) is 6.14. The van der Waals surface area contributed by atoms with Gasteiger partial charge in [0.2, 0.25) is 0 Å². The van der Waals surface area contributed by atoms with E-state index < -0.39 is 10.1 Å². The lowest BCUT2D eigenvalue weighted by atomic mass is 10.0. The molecule has 1 aliphatic heterocycles. The van der Waals surface area contributed by atoms with Crippen molar-refractivity contribution >= 4 is 32.5 Å². The predicted octanol–water partition coefficient (Wildman–Crippen LogP) is 4.70. The number of nitriles is 1. The second kappa shape index (κ2) is 8.46. The number of oxime groups is 1. The molecule has 0 aliphatic carbocycles. The minimum atomic E-state index is -3.86. The van der Waals surface area contributed by atoms with E-state index in [9.17, 15) is 13.7 Å². The molecule has 2 aromatic rings. The van der Waals surface area contributed by atoms with Crippen LogP contribution in [0.5, 0.6) is 0 Å². The Hall–Kier alpha value is -2.82. The van der Waals surface area contributed by atoms with Gasteiger partial charge in [0.1, 0.15) is 16.9 Å². The fourth-order valence-corrected chi connectivity index (χ4v) is 4.52. The lowest BCUT2D eigenvalue weighted by Crippen LogP contribution is -2.07. The molecule has 0 bridgehead atoms. The van der Waals surface area contributed by atoms with Gasteiger partial charge in [-0.15, -0.1) is 0 Å². The van der Waals surface area contributed by atoms with Crippen molar-refractivity contribution in [1.82, 2.24) is 0 Å². The molecule has 1 aliphatic rings. The maximum Gasteiger partial charge on any atom is 0.332 e. The van der Waals surface area contributed by atoms with E-state index in [1.165, 1.54) is 11.8 Å². The van der Waals surface area contributed by atoms with E-state index in [1.807, 2.05) is 50.2 Å². The highest BCUT2D eigenvalue weighted by molar-refractivity contribution is 8.18. The number of aryl methyl sites for hydroxylation is 2. The van der Waals surface area contributed by atoms with Gasteiger partial charge >= 0.3 is 10.1 Å². The molecule has 5 nitrogen and oxygen atoms in total. The molecule has 0 N–H and O–H groups in total. The molecule has 2 aromatic carbocycles. The Morgan fingerprint density at radius 3 is 2.43 bits per heavy atom. The summed E-state index contributed by atoms with van der Waals surface area (Å²) >= 11 is 1.20. The number of thioether (sulfide) groups is 1. The largest absolute Gasteiger partial charge is 0.332 e. The van der Waals surface area contributed by atoms with E-state index >= 15 is 0 Å². The first-order valence-electron chi connectivity index (χ1n) is 8.50. The SMILES string of the molecule is Cc1ccccc1CS(=O)(=O)ON=C1C=CC(=C(C#N)c2ccccc2C)S1. The molecule has 0 fully saturated rings. The Balaban J connectivity index is 1.76. The number of nitrogens with zero attached hydrogens (tertiary/aromatic N) is 2.